The van der Waals surface area contributed by atoms with Gasteiger partial charge in [0.2, 0.25) is 5.78 Å². The van der Waals surface area contributed by atoms with E-state index in [0.29, 0.717) is 12.3 Å². The maximum Gasteiger partial charge on any atom is 0.372 e. The molecule has 0 unspecified atom stereocenters. The molecule has 0 heterocycles. The Labute approximate surface area is 70.3 Å². The second kappa shape index (κ2) is 6.16. The number of hydrogen-bond acceptors (Lipinski definition) is 2. The lowest BCUT2D eigenvalue weighted by molar-refractivity contribution is -0.149. The van der Waals surface area contributed by atoms with Gasteiger partial charge in [0.15, 0.2) is 0 Å². The van der Waals surface area contributed by atoms with Crippen LogP contribution in [0.4, 0.5) is 0 Å². The molecule has 0 bridgehead atoms. The van der Waals surface area contributed by atoms with Gasteiger partial charge in [0, 0.05) is 12.3 Å². The Hall–Kier alpha value is -0.570. The van der Waals surface area contributed by atoms with Crippen LogP contribution in [0.2, 0.25) is 0 Å². The maximum absolute atomic E-state index is 10.5. The van der Waals surface area contributed by atoms with E-state index in [-0.39, 0.29) is 6.42 Å². The molecule has 0 aromatic rings. The summed E-state index contributed by atoms with van der Waals surface area (Å²) in [4.78, 5) is 20.5. The summed E-state index contributed by atoms with van der Waals surface area (Å²) in [7, 11) is 0. The van der Waals surface area contributed by atoms with Gasteiger partial charge in [-0.1, -0.05) is 6.42 Å². The SMILES string of the molecule is O=C(O)C(=O)CCCCCCl. The van der Waals surface area contributed by atoms with Crippen molar-refractivity contribution >= 4 is 23.4 Å². The highest BCUT2D eigenvalue weighted by molar-refractivity contribution is 6.32. The number of unbranched alkanes of at least 4 members (excludes halogenated alkanes) is 2. The largest absolute Gasteiger partial charge is 0.476 e. The molecule has 0 rings (SSSR count). The average Bonchev–Trinajstić information content (AvgIpc) is 1.97. The van der Waals surface area contributed by atoms with Gasteiger partial charge in [0.25, 0.3) is 0 Å². The van der Waals surface area contributed by atoms with E-state index < -0.39 is 11.8 Å². The van der Waals surface area contributed by atoms with Crippen LogP contribution < -0.4 is 0 Å². The molecule has 0 spiro atoms. The lowest BCUT2D eigenvalue weighted by atomic mass is 10.1. The fourth-order valence-corrected chi connectivity index (χ4v) is 0.853. The van der Waals surface area contributed by atoms with Crippen LogP contribution >= 0.6 is 11.6 Å². The zero-order chi connectivity index (χ0) is 8.69. The average molecular weight is 179 g/mol. The predicted molar refractivity (Wildman–Crippen MR) is 41.8 cm³/mol. The number of carbonyl (C=O) groups excluding carboxylic acids is 1. The molecule has 11 heavy (non-hydrogen) atoms. The number of rotatable bonds is 6. The minimum absolute atomic E-state index is 0.131. The van der Waals surface area contributed by atoms with Gasteiger partial charge in [0.05, 0.1) is 0 Å². The standard InChI is InChI=1S/C7H11ClO3/c8-5-3-1-2-4-6(9)7(10)11/h1-5H2,(H,10,11). The van der Waals surface area contributed by atoms with Crippen molar-refractivity contribution in [3.63, 3.8) is 0 Å². The number of aliphatic carboxylic acids is 1. The molecule has 0 aliphatic carbocycles. The zero-order valence-electron chi connectivity index (χ0n) is 6.18. The van der Waals surface area contributed by atoms with E-state index in [4.69, 9.17) is 16.7 Å². The summed E-state index contributed by atoms with van der Waals surface area (Å²) in [6, 6.07) is 0. The van der Waals surface area contributed by atoms with Crippen LogP contribution in [0.3, 0.4) is 0 Å². The molecule has 64 valence electrons. The molecule has 0 saturated heterocycles. The van der Waals surface area contributed by atoms with Crippen LogP contribution in [0.15, 0.2) is 0 Å². The third-order valence-electron chi connectivity index (χ3n) is 1.28. The molecule has 0 aromatic heterocycles. The summed E-state index contributed by atoms with van der Waals surface area (Å²) in [5, 5.41) is 8.16. The van der Waals surface area contributed by atoms with E-state index in [2.05, 4.69) is 0 Å². The Morgan fingerprint density at radius 3 is 2.27 bits per heavy atom. The summed E-state index contributed by atoms with van der Waals surface area (Å²) < 4.78 is 0. The fraction of sp³-hybridized carbons (Fsp3) is 0.714. The van der Waals surface area contributed by atoms with Crippen molar-refractivity contribution in [2.75, 3.05) is 5.88 Å². The summed E-state index contributed by atoms with van der Waals surface area (Å²) in [6.45, 7) is 0. The second-order valence-corrected chi connectivity index (χ2v) is 2.61. The molecule has 0 aliphatic rings. The summed E-state index contributed by atoms with van der Waals surface area (Å²) in [5.41, 5.74) is 0. The highest BCUT2D eigenvalue weighted by atomic mass is 35.5. The first-order valence-electron chi connectivity index (χ1n) is 3.50. The molecule has 0 fully saturated rings. The van der Waals surface area contributed by atoms with Gasteiger partial charge in [-0.3, -0.25) is 4.79 Å². The van der Waals surface area contributed by atoms with Crippen LogP contribution in [0, 0.1) is 0 Å². The first kappa shape index (κ1) is 10.4. The van der Waals surface area contributed by atoms with Crippen molar-refractivity contribution in [3.05, 3.63) is 0 Å². The van der Waals surface area contributed by atoms with E-state index in [1.165, 1.54) is 0 Å². The minimum Gasteiger partial charge on any atom is -0.476 e. The Morgan fingerprint density at radius 2 is 1.82 bits per heavy atom. The topological polar surface area (TPSA) is 54.4 Å². The fourth-order valence-electron chi connectivity index (χ4n) is 0.664. The number of halogens is 1. The Morgan fingerprint density at radius 1 is 1.18 bits per heavy atom. The molecule has 0 saturated carbocycles. The van der Waals surface area contributed by atoms with Gasteiger partial charge < -0.3 is 5.11 Å². The number of alkyl halides is 1. The van der Waals surface area contributed by atoms with Gasteiger partial charge in [0.1, 0.15) is 0 Å². The Kier molecular flexibility index (Phi) is 5.84. The highest BCUT2D eigenvalue weighted by Crippen LogP contribution is 2.01. The lowest BCUT2D eigenvalue weighted by Gasteiger charge is -1.94. The molecule has 4 heteroatoms. The van der Waals surface area contributed by atoms with Crippen LogP contribution in [-0.2, 0) is 9.59 Å². The summed E-state index contributed by atoms with van der Waals surface area (Å²) in [5.74, 6) is -1.48. The molecule has 0 radical (unpaired) electrons. The normalized spacial score (nSPS) is 9.55. The molecule has 0 aliphatic heterocycles. The molecule has 1 N–H and O–H groups in total. The number of carbonyl (C=O) groups is 2. The molecular weight excluding hydrogens is 168 g/mol. The van der Waals surface area contributed by atoms with Crippen LogP contribution in [0.25, 0.3) is 0 Å². The smallest absolute Gasteiger partial charge is 0.372 e. The summed E-state index contributed by atoms with van der Waals surface area (Å²) >= 11 is 5.38. The van der Waals surface area contributed by atoms with Crippen LogP contribution in [0.1, 0.15) is 25.7 Å². The maximum atomic E-state index is 10.5. The Bertz CT molecular complexity index is 145. The molecule has 0 amide bonds. The van der Waals surface area contributed by atoms with E-state index in [1.54, 1.807) is 0 Å². The van der Waals surface area contributed by atoms with Crippen molar-refractivity contribution in [3.8, 4) is 0 Å². The number of ketones is 1. The van der Waals surface area contributed by atoms with Crippen molar-refractivity contribution in [2.45, 2.75) is 25.7 Å². The second-order valence-electron chi connectivity index (χ2n) is 2.23. The number of hydrogen-bond donors (Lipinski definition) is 1. The van der Waals surface area contributed by atoms with Crippen molar-refractivity contribution in [2.24, 2.45) is 0 Å². The van der Waals surface area contributed by atoms with E-state index in [1.807, 2.05) is 0 Å². The minimum atomic E-state index is -1.34. The monoisotopic (exact) mass is 178 g/mol. The highest BCUT2D eigenvalue weighted by Gasteiger charge is 2.09. The molecule has 0 atom stereocenters. The number of carboxylic acid groups (broad SMARTS) is 1. The third-order valence-corrected chi connectivity index (χ3v) is 1.54. The van der Waals surface area contributed by atoms with E-state index in [0.717, 1.165) is 12.8 Å². The lowest BCUT2D eigenvalue weighted by Crippen LogP contribution is -2.11. The Balaban J connectivity index is 3.25. The van der Waals surface area contributed by atoms with E-state index in [9.17, 15) is 9.59 Å². The van der Waals surface area contributed by atoms with Gasteiger partial charge in [-0.05, 0) is 12.8 Å². The van der Waals surface area contributed by atoms with E-state index >= 15 is 0 Å². The quantitative estimate of drug-likeness (QED) is 0.381. The third kappa shape index (κ3) is 5.85. The van der Waals surface area contributed by atoms with Crippen LogP contribution in [0.5, 0.6) is 0 Å². The number of Topliss-reactive ketones (excluding diaryl/α,β-unsaturated/α-hetero) is 1. The van der Waals surface area contributed by atoms with Crippen molar-refractivity contribution in [1.82, 2.24) is 0 Å². The van der Waals surface area contributed by atoms with Crippen molar-refractivity contribution in [1.29, 1.82) is 0 Å². The predicted octanol–water partition coefficient (Wildman–Crippen LogP) is 1.44. The molecule has 0 aromatic carbocycles. The van der Waals surface area contributed by atoms with Gasteiger partial charge in [-0.2, -0.15) is 0 Å². The van der Waals surface area contributed by atoms with Gasteiger partial charge >= 0.3 is 5.97 Å². The molecule has 3 nitrogen and oxygen atoms in total. The molecular formula is C7H11ClO3. The summed E-state index contributed by atoms with van der Waals surface area (Å²) in [6.07, 6.45) is 2.42. The van der Waals surface area contributed by atoms with Crippen molar-refractivity contribution < 1.29 is 14.7 Å². The van der Waals surface area contributed by atoms with Gasteiger partial charge in [-0.25, -0.2) is 4.79 Å². The van der Waals surface area contributed by atoms with Gasteiger partial charge in [-0.15, -0.1) is 11.6 Å². The first-order valence-corrected chi connectivity index (χ1v) is 4.04. The number of carboxylic acids is 1. The zero-order valence-corrected chi connectivity index (χ0v) is 6.93. The first-order chi connectivity index (χ1) is 5.18. The van der Waals surface area contributed by atoms with Crippen LogP contribution in [-0.4, -0.2) is 22.7 Å².